The first-order chi connectivity index (χ1) is 17.0. The second kappa shape index (κ2) is 21.8. The number of ether oxygens (including phenoxy) is 1. The van der Waals surface area contributed by atoms with Crippen LogP contribution in [0.25, 0.3) is 0 Å². The number of rotatable bonds is 14. The van der Waals surface area contributed by atoms with Gasteiger partial charge in [-0.2, -0.15) is 0 Å². The first-order valence-corrected chi connectivity index (χ1v) is 13.2. The first kappa shape index (κ1) is 32.3. The number of unbranched alkanes of at least 4 members (excludes halogenated alkanes) is 1. The molecule has 0 bridgehead atoms. The number of hydrogen-bond acceptors (Lipinski definition) is 4. The molecule has 196 valence electrons. The predicted octanol–water partition coefficient (Wildman–Crippen LogP) is 6.52. The second-order valence-corrected chi connectivity index (χ2v) is 8.38. The van der Waals surface area contributed by atoms with Gasteiger partial charge < -0.3 is 20.2 Å². The molecule has 0 saturated carbocycles. The molecular weight excluding hydrogens is 436 g/mol. The number of nitrogens with one attached hydrogen (secondary N) is 2. The van der Waals surface area contributed by atoms with Crippen LogP contribution in [0.4, 0.5) is 0 Å². The lowest BCUT2D eigenvalue weighted by atomic mass is 10.1. The summed E-state index contributed by atoms with van der Waals surface area (Å²) < 4.78 is 5.84. The molecule has 0 aliphatic carbocycles. The average Bonchev–Trinajstić information content (AvgIpc) is 2.90. The van der Waals surface area contributed by atoms with E-state index >= 15 is 0 Å². The minimum absolute atomic E-state index is 0.114. The van der Waals surface area contributed by atoms with E-state index < -0.39 is 0 Å². The molecule has 35 heavy (non-hydrogen) atoms. The molecule has 0 aliphatic heterocycles. The molecule has 2 N–H and O–H groups in total. The Kier molecular flexibility index (Phi) is 20.2. The van der Waals surface area contributed by atoms with Crippen molar-refractivity contribution in [2.45, 2.75) is 79.2 Å². The van der Waals surface area contributed by atoms with Gasteiger partial charge in [-0.25, -0.2) is 0 Å². The van der Waals surface area contributed by atoms with E-state index in [-0.39, 0.29) is 11.9 Å². The van der Waals surface area contributed by atoms with Crippen molar-refractivity contribution in [3.63, 3.8) is 0 Å². The maximum atomic E-state index is 11.8. The zero-order valence-corrected chi connectivity index (χ0v) is 22.8. The summed E-state index contributed by atoms with van der Waals surface area (Å²) in [4.78, 5) is 21.7. The normalized spacial score (nSPS) is 11.6. The van der Waals surface area contributed by atoms with Gasteiger partial charge in [0.05, 0.1) is 6.61 Å². The van der Waals surface area contributed by atoms with E-state index in [1.54, 1.807) is 0 Å². The topological polar surface area (TPSA) is 67.4 Å². The van der Waals surface area contributed by atoms with Crippen LogP contribution in [0.5, 0.6) is 5.75 Å². The summed E-state index contributed by atoms with van der Waals surface area (Å²) in [5.41, 5.74) is 2.23. The van der Waals surface area contributed by atoms with Gasteiger partial charge in [0, 0.05) is 25.4 Å². The molecule has 2 aromatic rings. The number of carbonyl (C=O) groups is 2. The van der Waals surface area contributed by atoms with Gasteiger partial charge in [0.1, 0.15) is 12.0 Å². The predicted molar refractivity (Wildman–Crippen MR) is 148 cm³/mol. The molecule has 0 aliphatic rings. The average molecular weight is 485 g/mol. The molecule has 0 heterocycles. The quantitative estimate of drug-likeness (QED) is 0.299. The largest absolute Gasteiger partial charge is 0.493 e. The zero-order chi connectivity index (χ0) is 26.3. The smallest absolute Gasteiger partial charge is 0.220 e. The van der Waals surface area contributed by atoms with Crippen LogP contribution in [0.1, 0.15) is 83.9 Å². The van der Waals surface area contributed by atoms with E-state index in [2.05, 4.69) is 43.5 Å². The van der Waals surface area contributed by atoms with Crippen LogP contribution < -0.4 is 15.4 Å². The SMILES string of the molecule is CC.CCCCC(=O)NC[C@H](NC)c1ccc(OCC(C)CCC)cc1.O=CCc1ccccc1. The van der Waals surface area contributed by atoms with E-state index in [9.17, 15) is 9.59 Å². The van der Waals surface area contributed by atoms with Crippen molar-refractivity contribution in [1.82, 2.24) is 10.6 Å². The molecule has 5 heteroatoms. The second-order valence-electron chi connectivity index (χ2n) is 8.38. The van der Waals surface area contributed by atoms with Gasteiger partial charge in [-0.3, -0.25) is 4.79 Å². The molecule has 0 saturated heterocycles. The van der Waals surface area contributed by atoms with E-state index in [4.69, 9.17) is 4.74 Å². The fraction of sp³-hybridized carbons (Fsp3) is 0.533. The Balaban J connectivity index is 0.000000870. The molecule has 1 unspecified atom stereocenters. The Morgan fingerprint density at radius 2 is 1.66 bits per heavy atom. The lowest BCUT2D eigenvalue weighted by molar-refractivity contribution is -0.121. The van der Waals surface area contributed by atoms with Crippen molar-refractivity contribution in [1.29, 1.82) is 0 Å². The summed E-state index contributed by atoms with van der Waals surface area (Å²) in [7, 11) is 1.92. The van der Waals surface area contributed by atoms with Gasteiger partial charge in [0.25, 0.3) is 0 Å². The Labute approximate surface area is 214 Å². The molecule has 5 nitrogen and oxygen atoms in total. The summed E-state index contributed by atoms with van der Waals surface area (Å²) >= 11 is 0. The van der Waals surface area contributed by atoms with Crippen molar-refractivity contribution in [2.24, 2.45) is 5.92 Å². The number of hydrogen-bond donors (Lipinski definition) is 2. The highest BCUT2D eigenvalue weighted by molar-refractivity contribution is 5.75. The molecule has 2 aromatic carbocycles. The fourth-order valence-corrected chi connectivity index (χ4v) is 3.35. The summed E-state index contributed by atoms with van der Waals surface area (Å²) in [5, 5.41) is 6.26. The third kappa shape index (κ3) is 15.8. The Hall–Kier alpha value is -2.66. The standard InChI is InChI=1S/C20H34N2O2.C8H8O.C2H6/c1-5-7-9-20(23)22-14-19(21-4)17-10-12-18(13-11-17)24-15-16(3)8-6-2;9-7-6-8-4-2-1-3-5-8;1-2/h10-13,16,19,21H,5-9,14-15H2,1-4H3,(H,22,23);1-5,7H,6H2;1-2H3/t16?,19-;;/m0../s1. The van der Waals surface area contributed by atoms with Crippen molar-refractivity contribution in [2.75, 3.05) is 20.2 Å². The molecule has 0 aromatic heterocycles. The van der Waals surface area contributed by atoms with Gasteiger partial charge in [-0.15, -0.1) is 0 Å². The van der Waals surface area contributed by atoms with E-state index in [0.717, 1.165) is 42.6 Å². The lowest BCUT2D eigenvalue weighted by Crippen LogP contribution is -2.33. The Bertz CT molecular complexity index is 763. The highest BCUT2D eigenvalue weighted by Gasteiger charge is 2.11. The van der Waals surface area contributed by atoms with Gasteiger partial charge in [0.2, 0.25) is 5.91 Å². The van der Waals surface area contributed by atoms with Crippen molar-refractivity contribution in [3.05, 3.63) is 65.7 Å². The van der Waals surface area contributed by atoms with Crippen LogP contribution in [0, 0.1) is 5.92 Å². The minimum Gasteiger partial charge on any atom is -0.493 e. The van der Waals surface area contributed by atoms with Gasteiger partial charge in [0.15, 0.2) is 0 Å². The number of likely N-dealkylation sites (N-methyl/N-ethyl adjacent to an activating group) is 1. The van der Waals surface area contributed by atoms with E-state index in [1.165, 1.54) is 12.8 Å². The minimum atomic E-state index is 0.114. The van der Waals surface area contributed by atoms with Crippen LogP contribution in [0.2, 0.25) is 0 Å². The molecule has 0 radical (unpaired) electrons. The Morgan fingerprint density at radius 1 is 1.00 bits per heavy atom. The number of carbonyl (C=O) groups excluding carboxylic acids is 2. The highest BCUT2D eigenvalue weighted by atomic mass is 16.5. The summed E-state index contributed by atoms with van der Waals surface area (Å²) in [5.74, 6) is 1.61. The van der Waals surface area contributed by atoms with E-state index in [1.807, 2.05) is 63.4 Å². The summed E-state index contributed by atoms with van der Waals surface area (Å²) in [6, 6.07) is 17.9. The van der Waals surface area contributed by atoms with Crippen LogP contribution in [-0.2, 0) is 16.0 Å². The van der Waals surface area contributed by atoms with Crippen LogP contribution in [0.15, 0.2) is 54.6 Å². The summed E-state index contributed by atoms with van der Waals surface area (Å²) in [6.45, 7) is 11.9. The number of benzene rings is 2. The first-order valence-electron chi connectivity index (χ1n) is 13.2. The van der Waals surface area contributed by atoms with Crippen LogP contribution in [-0.4, -0.2) is 32.4 Å². The molecule has 2 rings (SSSR count). The molecule has 0 spiro atoms. The third-order valence-corrected chi connectivity index (χ3v) is 5.37. The third-order valence-electron chi connectivity index (χ3n) is 5.37. The fourth-order valence-electron chi connectivity index (χ4n) is 3.35. The molecule has 0 fully saturated rings. The maximum absolute atomic E-state index is 11.8. The number of aldehydes is 1. The van der Waals surface area contributed by atoms with Crippen LogP contribution in [0.3, 0.4) is 0 Å². The lowest BCUT2D eigenvalue weighted by Gasteiger charge is -2.18. The zero-order valence-electron chi connectivity index (χ0n) is 22.8. The summed E-state index contributed by atoms with van der Waals surface area (Å²) in [6.07, 6.45) is 6.42. The monoisotopic (exact) mass is 484 g/mol. The van der Waals surface area contributed by atoms with Gasteiger partial charge in [-0.1, -0.05) is 89.9 Å². The van der Waals surface area contributed by atoms with Crippen molar-refractivity contribution < 1.29 is 14.3 Å². The van der Waals surface area contributed by atoms with Crippen molar-refractivity contribution >= 4 is 12.2 Å². The van der Waals surface area contributed by atoms with Gasteiger partial charge in [-0.05, 0) is 49.1 Å². The molecule has 2 atom stereocenters. The van der Waals surface area contributed by atoms with Crippen LogP contribution >= 0.6 is 0 Å². The van der Waals surface area contributed by atoms with E-state index in [0.29, 0.717) is 25.3 Å². The Morgan fingerprint density at radius 3 is 2.20 bits per heavy atom. The highest BCUT2D eigenvalue weighted by Crippen LogP contribution is 2.18. The number of amides is 1. The maximum Gasteiger partial charge on any atom is 0.220 e. The van der Waals surface area contributed by atoms with Crippen molar-refractivity contribution in [3.8, 4) is 5.75 Å². The molecule has 1 amide bonds. The van der Waals surface area contributed by atoms with Gasteiger partial charge >= 0.3 is 0 Å². The molecular formula is C30H48N2O3.